The highest BCUT2D eigenvalue weighted by molar-refractivity contribution is 8.26. The van der Waals surface area contributed by atoms with E-state index in [9.17, 15) is 4.79 Å². The second-order valence-electron chi connectivity index (χ2n) is 8.63. The summed E-state index contributed by atoms with van der Waals surface area (Å²) in [6, 6.07) is 17.9. The van der Waals surface area contributed by atoms with E-state index in [0.29, 0.717) is 28.3 Å². The average Bonchev–Trinajstić information content (AvgIpc) is 3.37. The van der Waals surface area contributed by atoms with Crippen molar-refractivity contribution < 1.29 is 9.53 Å². The summed E-state index contributed by atoms with van der Waals surface area (Å²) in [5.41, 5.74) is 3.59. The Hall–Kier alpha value is -2.90. The number of hydrogen-bond donors (Lipinski definition) is 0. The van der Waals surface area contributed by atoms with Crippen molar-refractivity contribution >= 4 is 40.3 Å². The van der Waals surface area contributed by atoms with Crippen LogP contribution in [0.3, 0.4) is 0 Å². The summed E-state index contributed by atoms with van der Waals surface area (Å²) in [6.07, 6.45) is 6.00. The molecular weight excluding hydrogens is 462 g/mol. The van der Waals surface area contributed by atoms with Crippen LogP contribution in [0, 0.1) is 5.92 Å². The normalized spacial score (nSPS) is 15.1. The maximum atomic E-state index is 13.1. The van der Waals surface area contributed by atoms with Crippen molar-refractivity contribution in [2.45, 2.75) is 33.6 Å². The summed E-state index contributed by atoms with van der Waals surface area (Å²) in [7, 11) is 0. The van der Waals surface area contributed by atoms with Crippen molar-refractivity contribution in [1.82, 2.24) is 14.7 Å². The van der Waals surface area contributed by atoms with Crippen LogP contribution in [0.15, 0.2) is 65.7 Å². The maximum absolute atomic E-state index is 13.1. The molecular formula is C27H29N3O2S2. The number of thiocarbonyl (C=S) groups is 1. The first-order chi connectivity index (χ1) is 16.5. The molecule has 0 aliphatic carbocycles. The molecule has 3 aromatic rings. The molecule has 0 unspecified atom stereocenters. The lowest BCUT2D eigenvalue weighted by atomic mass is 10.1. The fourth-order valence-corrected chi connectivity index (χ4v) is 4.90. The summed E-state index contributed by atoms with van der Waals surface area (Å²) >= 11 is 6.84. The van der Waals surface area contributed by atoms with E-state index in [1.807, 2.05) is 71.6 Å². The summed E-state index contributed by atoms with van der Waals surface area (Å²) in [5, 5.41) is 4.87. The highest BCUT2D eigenvalue weighted by Gasteiger charge is 2.32. The predicted octanol–water partition coefficient (Wildman–Crippen LogP) is 6.58. The molecule has 0 atom stereocenters. The van der Waals surface area contributed by atoms with Crippen molar-refractivity contribution in [3.63, 3.8) is 0 Å². The smallest absolute Gasteiger partial charge is 0.266 e. The molecule has 1 amide bonds. The Labute approximate surface area is 210 Å². The van der Waals surface area contributed by atoms with E-state index in [4.69, 9.17) is 22.1 Å². The Morgan fingerprint density at radius 1 is 1.12 bits per heavy atom. The number of ether oxygens (including phenoxy) is 1. The molecule has 1 fully saturated rings. The fourth-order valence-electron chi connectivity index (χ4n) is 3.64. The zero-order valence-corrected chi connectivity index (χ0v) is 21.4. The zero-order chi connectivity index (χ0) is 24.1. The minimum Gasteiger partial charge on any atom is -0.494 e. The molecule has 2 aromatic carbocycles. The van der Waals surface area contributed by atoms with E-state index >= 15 is 0 Å². The van der Waals surface area contributed by atoms with Gasteiger partial charge in [-0.05, 0) is 54.8 Å². The van der Waals surface area contributed by atoms with Gasteiger partial charge >= 0.3 is 0 Å². The number of aromatic nitrogens is 2. The van der Waals surface area contributed by atoms with Crippen molar-refractivity contribution in [2.24, 2.45) is 5.92 Å². The number of benzene rings is 2. The van der Waals surface area contributed by atoms with Crippen molar-refractivity contribution in [3.8, 4) is 22.7 Å². The number of thioether (sulfide) groups is 1. The Kier molecular flexibility index (Phi) is 7.85. The molecule has 0 bridgehead atoms. The molecule has 34 heavy (non-hydrogen) atoms. The molecule has 1 aromatic heterocycles. The van der Waals surface area contributed by atoms with Crippen LogP contribution in [-0.2, 0) is 4.79 Å². The van der Waals surface area contributed by atoms with Gasteiger partial charge in [0.2, 0.25) is 0 Å². The Morgan fingerprint density at radius 2 is 1.85 bits per heavy atom. The molecule has 176 valence electrons. The monoisotopic (exact) mass is 491 g/mol. The van der Waals surface area contributed by atoms with Gasteiger partial charge in [-0.2, -0.15) is 5.10 Å². The Morgan fingerprint density at radius 3 is 2.53 bits per heavy atom. The first kappa shape index (κ1) is 24.2. The average molecular weight is 492 g/mol. The lowest BCUT2D eigenvalue weighted by Gasteiger charge is -2.16. The van der Waals surface area contributed by atoms with Crippen LogP contribution in [0.2, 0.25) is 0 Å². The van der Waals surface area contributed by atoms with Gasteiger partial charge in [-0.25, -0.2) is 4.68 Å². The van der Waals surface area contributed by atoms with Crippen LogP contribution in [0.4, 0.5) is 0 Å². The number of carbonyl (C=O) groups excluding carboxylic acids is 1. The minimum absolute atomic E-state index is 0.0400. The molecule has 1 aliphatic heterocycles. The number of amides is 1. The second-order valence-corrected chi connectivity index (χ2v) is 10.3. The SMILES string of the molecule is CCCCOc1ccc(-c2nn(-c3ccccc3)cc2C=C2SC(=S)N(CC(C)C)C2=O)cc1. The van der Waals surface area contributed by atoms with Crippen molar-refractivity contribution in [1.29, 1.82) is 0 Å². The van der Waals surface area contributed by atoms with Gasteiger partial charge in [-0.1, -0.05) is 69.4 Å². The summed E-state index contributed by atoms with van der Waals surface area (Å²) < 4.78 is 8.27. The highest BCUT2D eigenvalue weighted by Crippen LogP contribution is 2.35. The van der Waals surface area contributed by atoms with Crippen LogP contribution in [0.1, 0.15) is 39.2 Å². The molecule has 5 nitrogen and oxygen atoms in total. The maximum Gasteiger partial charge on any atom is 0.266 e. The summed E-state index contributed by atoms with van der Waals surface area (Å²) in [5.74, 6) is 1.15. The van der Waals surface area contributed by atoms with E-state index in [1.165, 1.54) is 11.8 Å². The number of unbranched alkanes of at least 4 members (excludes halogenated alkanes) is 1. The summed E-state index contributed by atoms with van der Waals surface area (Å²) in [6.45, 7) is 7.65. The van der Waals surface area contributed by atoms with E-state index in [1.54, 1.807) is 4.90 Å². The molecule has 0 spiro atoms. The van der Waals surface area contributed by atoms with Crippen LogP contribution in [-0.4, -0.2) is 38.1 Å². The first-order valence-electron chi connectivity index (χ1n) is 11.6. The van der Waals surface area contributed by atoms with Crippen molar-refractivity contribution in [3.05, 3.63) is 71.3 Å². The number of rotatable bonds is 9. The Balaban J connectivity index is 1.69. The number of para-hydroxylation sites is 1. The third kappa shape index (κ3) is 5.59. The van der Waals surface area contributed by atoms with Gasteiger partial charge in [0.15, 0.2) is 0 Å². The first-order valence-corrected chi connectivity index (χ1v) is 12.8. The number of nitrogens with zero attached hydrogens (tertiary/aromatic N) is 3. The van der Waals surface area contributed by atoms with Gasteiger partial charge < -0.3 is 4.74 Å². The molecule has 0 N–H and O–H groups in total. The lowest BCUT2D eigenvalue weighted by molar-refractivity contribution is -0.122. The number of carbonyl (C=O) groups is 1. The second kappa shape index (κ2) is 11.0. The molecule has 0 saturated carbocycles. The molecule has 0 radical (unpaired) electrons. The van der Waals surface area contributed by atoms with Crippen molar-refractivity contribution in [2.75, 3.05) is 13.2 Å². The molecule has 7 heteroatoms. The van der Waals surface area contributed by atoms with Gasteiger partial charge in [0, 0.05) is 23.9 Å². The molecule has 2 heterocycles. The quantitative estimate of drug-likeness (QED) is 0.192. The van der Waals surface area contributed by atoms with E-state index < -0.39 is 0 Å². The standard InChI is InChI=1S/C27H29N3O2S2/c1-4-5-15-32-23-13-11-20(12-14-23)25-21(18-30(28-25)22-9-7-6-8-10-22)16-24-26(31)29(17-19(2)3)27(33)34-24/h6-14,16,18-19H,4-5,15,17H2,1-3H3. The van der Waals surface area contributed by atoms with Gasteiger partial charge in [-0.3, -0.25) is 9.69 Å². The van der Waals surface area contributed by atoms with Crippen LogP contribution >= 0.6 is 24.0 Å². The third-order valence-electron chi connectivity index (χ3n) is 5.37. The largest absolute Gasteiger partial charge is 0.494 e. The topological polar surface area (TPSA) is 47.4 Å². The molecule has 4 rings (SSSR count). The third-order valence-corrected chi connectivity index (χ3v) is 6.74. The molecule has 1 saturated heterocycles. The number of hydrogen-bond acceptors (Lipinski definition) is 5. The van der Waals surface area contributed by atoms with Crippen LogP contribution in [0.5, 0.6) is 5.75 Å². The van der Waals surface area contributed by atoms with E-state index in [2.05, 4.69) is 20.8 Å². The van der Waals surface area contributed by atoms with E-state index in [-0.39, 0.29) is 5.91 Å². The summed E-state index contributed by atoms with van der Waals surface area (Å²) in [4.78, 5) is 15.4. The van der Waals surface area contributed by atoms with Gasteiger partial charge in [-0.15, -0.1) is 0 Å². The van der Waals surface area contributed by atoms with Gasteiger partial charge in [0.05, 0.1) is 22.9 Å². The minimum atomic E-state index is -0.0400. The Bertz CT molecular complexity index is 1180. The lowest BCUT2D eigenvalue weighted by Crippen LogP contribution is -2.31. The molecule has 1 aliphatic rings. The predicted molar refractivity (Wildman–Crippen MR) is 144 cm³/mol. The fraction of sp³-hybridized carbons (Fsp3) is 0.296. The van der Waals surface area contributed by atoms with Crippen LogP contribution < -0.4 is 4.74 Å². The van der Waals surface area contributed by atoms with E-state index in [0.717, 1.165) is 41.1 Å². The highest BCUT2D eigenvalue weighted by atomic mass is 32.2. The zero-order valence-electron chi connectivity index (χ0n) is 19.7. The van der Waals surface area contributed by atoms with Gasteiger partial charge in [0.1, 0.15) is 10.1 Å². The van der Waals surface area contributed by atoms with Crippen LogP contribution in [0.25, 0.3) is 23.0 Å². The van der Waals surface area contributed by atoms with Gasteiger partial charge in [0.25, 0.3) is 5.91 Å².